The number of hydrogen-bond acceptors (Lipinski definition) is 4. The Morgan fingerprint density at radius 3 is 2.00 bits per heavy atom. The average Bonchev–Trinajstić information content (AvgIpc) is 2.29. The Kier molecular flexibility index (Phi) is 7.01. The van der Waals surface area contributed by atoms with Gasteiger partial charge in [0.05, 0.1) is 6.61 Å². The van der Waals surface area contributed by atoms with Crippen LogP contribution in [0.4, 0.5) is 0 Å². The molecule has 0 aromatic heterocycles. The van der Waals surface area contributed by atoms with Gasteiger partial charge in [0.2, 0.25) is 0 Å². The quantitative estimate of drug-likeness (QED) is 0.490. The standard InChI is InChI=1S/C8H6O3.C4H8O2/c9-7(8(10)11)6-4-2-1-3-5-6;1-3-6-4(2)5/h1-5H,(H,10,11);3H2,1-2H3. The molecule has 0 fully saturated rings. The third-order valence-electron chi connectivity index (χ3n) is 1.58. The maximum absolute atomic E-state index is 10.7. The zero-order valence-corrected chi connectivity index (χ0v) is 9.67. The summed E-state index contributed by atoms with van der Waals surface area (Å²) in [4.78, 5) is 30.7. The van der Waals surface area contributed by atoms with Crippen LogP contribution in [0.3, 0.4) is 0 Å². The van der Waals surface area contributed by atoms with Gasteiger partial charge in [0.25, 0.3) is 5.78 Å². The molecule has 1 N–H and O–H groups in total. The molecule has 0 aliphatic carbocycles. The summed E-state index contributed by atoms with van der Waals surface area (Å²) in [5.41, 5.74) is 0.208. The van der Waals surface area contributed by atoms with Crippen LogP contribution >= 0.6 is 0 Å². The van der Waals surface area contributed by atoms with Gasteiger partial charge in [-0.1, -0.05) is 30.3 Å². The second-order valence-electron chi connectivity index (χ2n) is 2.92. The van der Waals surface area contributed by atoms with Crippen molar-refractivity contribution in [3.8, 4) is 0 Å². The Labute approximate surface area is 99.0 Å². The normalized spacial score (nSPS) is 8.59. The molecule has 0 unspecified atom stereocenters. The van der Waals surface area contributed by atoms with E-state index in [2.05, 4.69) is 4.74 Å². The summed E-state index contributed by atoms with van der Waals surface area (Å²) in [5, 5.41) is 8.29. The van der Waals surface area contributed by atoms with Gasteiger partial charge in [-0.3, -0.25) is 9.59 Å². The van der Waals surface area contributed by atoms with Crippen molar-refractivity contribution in [2.24, 2.45) is 0 Å². The fourth-order valence-electron chi connectivity index (χ4n) is 0.916. The van der Waals surface area contributed by atoms with Crippen LogP contribution < -0.4 is 0 Å². The summed E-state index contributed by atoms with van der Waals surface area (Å²) in [6, 6.07) is 7.90. The second kappa shape index (κ2) is 8.04. The van der Waals surface area contributed by atoms with Crippen LogP contribution in [-0.4, -0.2) is 29.4 Å². The number of rotatable bonds is 3. The molecule has 17 heavy (non-hydrogen) atoms. The van der Waals surface area contributed by atoms with Gasteiger partial charge in [0.15, 0.2) is 0 Å². The lowest BCUT2D eigenvalue weighted by Gasteiger charge is -1.91. The molecule has 0 radical (unpaired) electrons. The van der Waals surface area contributed by atoms with E-state index in [0.717, 1.165) is 0 Å². The predicted octanol–water partition coefficient (Wildman–Crippen LogP) is 1.52. The van der Waals surface area contributed by atoms with Crippen LogP contribution in [-0.2, 0) is 14.3 Å². The summed E-state index contributed by atoms with van der Waals surface area (Å²) < 4.78 is 4.40. The van der Waals surface area contributed by atoms with Crippen LogP contribution in [0.5, 0.6) is 0 Å². The summed E-state index contributed by atoms with van der Waals surface area (Å²) in [6.07, 6.45) is 0. The number of esters is 1. The molecule has 5 heteroatoms. The first-order valence-electron chi connectivity index (χ1n) is 4.95. The Morgan fingerprint density at radius 1 is 1.18 bits per heavy atom. The van der Waals surface area contributed by atoms with Crippen LogP contribution in [0, 0.1) is 0 Å². The van der Waals surface area contributed by atoms with Crippen molar-refractivity contribution in [1.29, 1.82) is 0 Å². The number of ketones is 1. The van der Waals surface area contributed by atoms with Crippen molar-refractivity contribution in [2.75, 3.05) is 6.61 Å². The van der Waals surface area contributed by atoms with Gasteiger partial charge in [-0.15, -0.1) is 0 Å². The molecule has 0 saturated heterocycles. The van der Waals surface area contributed by atoms with Crippen molar-refractivity contribution in [1.82, 2.24) is 0 Å². The van der Waals surface area contributed by atoms with Crippen molar-refractivity contribution >= 4 is 17.7 Å². The highest BCUT2D eigenvalue weighted by atomic mass is 16.5. The zero-order chi connectivity index (χ0) is 13.3. The van der Waals surface area contributed by atoms with E-state index in [1.54, 1.807) is 25.1 Å². The van der Waals surface area contributed by atoms with Crippen LogP contribution in [0.2, 0.25) is 0 Å². The molecule has 0 spiro atoms. The molecule has 0 saturated carbocycles. The third-order valence-corrected chi connectivity index (χ3v) is 1.58. The molecule has 0 heterocycles. The summed E-state index contributed by atoms with van der Waals surface area (Å²) in [6.45, 7) is 3.65. The number of Topliss-reactive ketones (excluding diaryl/α,β-unsaturated/α-hetero) is 1. The Balaban J connectivity index is 0.000000366. The lowest BCUT2D eigenvalue weighted by Crippen LogP contribution is -2.12. The molecule has 1 aromatic carbocycles. The minimum absolute atomic E-state index is 0.208. The minimum Gasteiger partial charge on any atom is -0.475 e. The van der Waals surface area contributed by atoms with Crippen molar-refractivity contribution in [3.05, 3.63) is 35.9 Å². The number of ether oxygens (including phenoxy) is 1. The van der Waals surface area contributed by atoms with E-state index in [-0.39, 0.29) is 11.5 Å². The van der Waals surface area contributed by atoms with E-state index in [4.69, 9.17) is 5.11 Å². The average molecular weight is 238 g/mol. The lowest BCUT2D eigenvalue weighted by molar-refractivity contribution is -0.140. The maximum atomic E-state index is 10.7. The van der Waals surface area contributed by atoms with Gasteiger partial charge in [0, 0.05) is 12.5 Å². The van der Waals surface area contributed by atoms with Gasteiger partial charge >= 0.3 is 11.9 Å². The van der Waals surface area contributed by atoms with Crippen molar-refractivity contribution in [3.63, 3.8) is 0 Å². The van der Waals surface area contributed by atoms with Gasteiger partial charge < -0.3 is 9.84 Å². The molecular weight excluding hydrogens is 224 g/mol. The highest BCUT2D eigenvalue weighted by Gasteiger charge is 2.12. The molecule has 0 atom stereocenters. The third kappa shape index (κ3) is 6.83. The Hall–Kier alpha value is -2.17. The van der Waals surface area contributed by atoms with E-state index in [9.17, 15) is 14.4 Å². The van der Waals surface area contributed by atoms with E-state index >= 15 is 0 Å². The minimum atomic E-state index is -1.42. The number of carboxylic acid groups (broad SMARTS) is 1. The first-order chi connectivity index (χ1) is 7.99. The first kappa shape index (κ1) is 14.8. The fraction of sp³-hybridized carbons (Fsp3) is 0.250. The largest absolute Gasteiger partial charge is 0.475 e. The molecule has 0 aliphatic heterocycles. The van der Waals surface area contributed by atoms with Crippen molar-refractivity contribution < 1.29 is 24.2 Å². The smallest absolute Gasteiger partial charge is 0.377 e. The molecule has 5 nitrogen and oxygen atoms in total. The molecule has 0 amide bonds. The highest BCUT2D eigenvalue weighted by molar-refractivity contribution is 6.39. The van der Waals surface area contributed by atoms with E-state index in [0.29, 0.717) is 6.61 Å². The predicted molar refractivity (Wildman–Crippen MR) is 60.7 cm³/mol. The van der Waals surface area contributed by atoms with E-state index < -0.39 is 11.8 Å². The first-order valence-corrected chi connectivity index (χ1v) is 4.95. The SMILES string of the molecule is CCOC(C)=O.O=C(O)C(=O)c1ccccc1. The van der Waals surface area contributed by atoms with Gasteiger partial charge in [-0.25, -0.2) is 4.79 Å². The summed E-state index contributed by atoms with van der Waals surface area (Å²) in [7, 11) is 0. The van der Waals surface area contributed by atoms with Gasteiger partial charge in [-0.05, 0) is 6.92 Å². The topological polar surface area (TPSA) is 80.7 Å². The fourth-order valence-corrected chi connectivity index (χ4v) is 0.916. The highest BCUT2D eigenvalue weighted by Crippen LogP contribution is 1.98. The number of carbonyl (C=O) groups is 3. The summed E-state index contributed by atoms with van der Waals surface area (Å²) in [5.74, 6) is -2.50. The molecule has 0 aliphatic rings. The number of carbonyl (C=O) groups excluding carboxylic acids is 2. The molecule has 92 valence electrons. The van der Waals surface area contributed by atoms with E-state index in [1.807, 2.05) is 0 Å². The molecule has 1 rings (SSSR count). The number of benzene rings is 1. The van der Waals surface area contributed by atoms with Crippen molar-refractivity contribution in [2.45, 2.75) is 13.8 Å². The monoisotopic (exact) mass is 238 g/mol. The van der Waals surface area contributed by atoms with Gasteiger partial charge in [0.1, 0.15) is 0 Å². The van der Waals surface area contributed by atoms with Crippen LogP contribution in [0.1, 0.15) is 24.2 Å². The Bertz CT molecular complexity index is 383. The van der Waals surface area contributed by atoms with Crippen LogP contribution in [0.15, 0.2) is 30.3 Å². The number of hydrogen-bond donors (Lipinski definition) is 1. The summed E-state index contributed by atoms with van der Waals surface area (Å²) >= 11 is 0. The molecule has 0 bridgehead atoms. The number of carboxylic acids is 1. The second-order valence-corrected chi connectivity index (χ2v) is 2.92. The number of aliphatic carboxylic acids is 1. The maximum Gasteiger partial charge on any atom is 0.377 e. The Morgan fingerprint density at radius 2 is 1.71 bits per heavy atom. The van der Waals surface area contributed by atoms with Gasteiger partial charge in [-0.2, -0.15) is 0 Å². The van der Waals surface area contributed by atoms with E-state index in [1.165, 1.54) is 19.1 Å². The van der Waals surface area contributed by atoms with Crippen LogP contribution in [0.25, 0.3) is 0 Å². The molecule has 1 aromatic rings. The lowest BCUT2D eigenvalue weighted by atomic mass is 10.1. The molecular formula is C12H14O5. The zero-order valence-electron chi connectivity index (χ0n) is 9.67.